The first-order valence-electron chi connectivity index (χ1n) is 16.1. The van der Waals surface area contributed by atoms with Crippen LogP contribution < -0.4 is 4.90 Å². The molecule has 4 nitrogen and oxygen atoms in total. The summed E-state index contributed by atoms with van der Waals surface area (Å²) in [5, 5.41) is 2.58. The van der Waals surface area contributed by atoms with Crippen LogP contribution in [0, 0.1) is 6.92 Å². The molecule has 4 heteroatoms. The maximum absolute atomic E-state index is 5.43. The molecule has 2 aromatic heterocycles. The minimum atomic E-state index is -0.242. The number of imidazole rings is 1. The van der Waals surface area contributed by atoms with Gasteiger partial charge in [0.05, 0.1) is 38.8 Å². The highest BCUT2D eigenvalue weighted by atomic mass is 15.4. The molecule has 0 amide bonds. The first-order valence-corrected chi connectivity index (χ1v) is 16.1. The fourth-order valence-corrected chi connectivity index (χ4v) is 8.35. The van der Waals surface area contributed by atoms with E-state index in [4.69, 9.17) is 4.98 Å². The molecule has 0 atom stereocenters. The summed E-state index contributed by atoms with van der Waals surface area (Å²) in [6, 6.07) is 38.1. The summed E-state index contributed by atoms with van der Waals surface area (Å²) in [4.78, 5) is 7.94. The molecule has 222 valence electrons. The molecule has 0 saturated carbocycles. The number of anilines is 2. The number of rotatable bonds is 2. The van der Waals surface area contributed by atoms with E-state index in [1.807, 2.05) is 0 Å². The molecule has 0 fully saturated rings. The van der Waals surface area contributed by atoms with Crippen molar-refractivity contribution in [1.82, 2.24) is 14.1 Å². The van der Waals surface area contributed by atoms with Gasteiger partial charge in [0, 0.05) is 21.9 Å². The smallest absolute Gasteiger partial charge is 0.212 e. The summed E-state index contributed by atoms with van der Waals surface area (Å²) in [6.07, 6.45) is 0. The monoisotopic (exact) mass is 586 g/mol. The van der Waals surface area contributed by atoms with Gasteiger partial charge >= 0.3 is 0 Å². The normalized spacial score (nSPS) is 17.3. The van der Waals surface area contributed by atoms with Gasteiger partial charge in [-0.15, -0.1) is 0 Å². The van der Waals surface area contributed by atoms with Crippen LogP contribution in [0.1, 0.15) is 58.2 Å². The number of nitrogens with zero attached hydrogens (tertiary/aromatic N) is 4. The Morgan fingerprint density at radius 3 is 2.18 bits per heavy atom. The van der Waals surface area contributed by atoms with E-state index in [1.54, 1.807) is 0 Å². The van der Waals surface area contributed by atoms with Crippen LogP contribution in [0.25, 0.3) is 49.7 Å². The zero-order valence-electron chi connectivity index (χ0n) is 27.1. The lowest BCUT2D eigenvalue weighted by Crippen LogP contribution is -2.50. The quantitative estimate of drug-likeness (QED) is 0.201. The molecule has 7 aromatic rings. The maximum atomic E-state index is 5.43. The Labute approximate surface area is 264 Å². The lowest BCUT2D eigenvalue weighted by molar-refractivity contribution is 0.253. The number of aromatic nitrogens is 3. The summed E-state index contributed by atoms with van der Waals surface area (Å²) in [5.41, 5.74) is 13.1. The molecule has 0 spiro atoms. The van der Waals surface area contributed by atoms with Crippen molar-refractivity contribution >= 4 is 44.5 Å². The fraction of sp³-hybridized carbons (Fsp3) is 0.244. The summed E-state index contributed by atoms with van der Waals surface area (Å²) in [5.74, 6) is 1.01. The second-order valence-corrected chi connectivity index (χ2v) is 14.6. The van der Waals surface area contributed by atoms with Gasteiger partial charge in [-0.25, -0.2) is 4.98 Å². The van der Waals surface area contributed by atoms with E-state index in [0.29, 0.717) is 0 Å². The highest BCUT2D eigenvalue weighted by molar-refractivity contribution is 6.13. The van der Waals surface area contributed by atoms with Gasteiger partial charge in [-0.1, -0.05) is 80.6 Å². The van der Waals surface area contributed by atoms with E-state index < -0.39 is 0 Å². The standard InChI is InChI=1S/C41H38N4/c1-25-14-8-9-15-28(25)26-20-21-36-33(22-26)42-38-44(40(4,5)41(6,7)45(36)38)27-23-30-29-16-10-12-18-34(29)43-35-19-13-11-17-31(35)39(2,3)32(24-27)37(30)43/h8-24H,1-7H3. The van der Waals surface area contributed by atoms with Crippen molar-refractivity contribution in [2.45, 2.75) is 65.0 Å². The van der Waals surface area contributed by atoms with Crippen LogP contribution in [-0.2, 0) is 11.0 Å². The van der Waals surface area contributed by atoms with Crippen LogP contribution in [0.4, 0.5) is 11.6 Å². The van der Waals surface area contributed by atoms with Crippen molar-refractivity contribution in [1.29, 1.82) is 0 Å². The summed E-state index contributed by atoms with van der Waals surface area (Å²) < 4.78 is 4.97. The second-order valence-electron chi connectivity index (χ2n) is 14.6. The molecule has 9 rings (SSSR count). The van der Waals surface area contributed by atoms with Crippen molar-refractivity contribution in [2.75, 3.05) is 4.90 Å². The van der Waals surface area contributed by atoms with Gasteiger partial charge in [-0.05, 0) is 98.8 Å². The van der Waals surface area contributed by atoms with Gasteiger partial charge in [0.2, 0.25) is 5.95 Å². The second kappa shape index (κ2) is 8.45. The Morgan fingerprint density at radius 2 is 1.36 bits per heavy atom. The van der Waals surface area contributed by atoms with Crippen LogP contribution in [-0.4, -0.2) is 19.7 Å². The third kappa shape index (κ3) is 3.19. The zero-order chi connectivity index (χ0) is 31.0. The van der Waals surface area contributed by atoms with E-state index in [0.717, 1.165) is 11.5 Å². The van der Waals surface area contributed by atoms with Crippen molar-refractivity contribution in [3.63, 3.8) is 0 Å². The predicted octanol–water partition coefficient (Wildman–Crippen LogP) is 10.4. The number of para-hydroxylation sites is 2. The topological polar surface area (TPSA) is 26.0 Å². The molecule has 0 radical (unpaired) electrons. The van der Waals surface area contributed by atoms with Crippen LogP contribution in [0.15, 0.2) is 103 Å². The fourth-order valence-electron chi connectivity index (χ4n) is 8.35. The lowest BCUT2D eigenvalue weighted by Gasteiger charge is -2.42. The van der Waals surface area contributed by atoms with Gasteiger partial charge < -0.3 is 14.0 Å². The Hall–Kier alpha value is -4.83. The molecule has 2 aliphatic rings. The highest BCUT2D eigenvalue weighted by Gasteiger charge is 2.53. The summed E-state index contributed by atoms with van der Waals surface area (Å²) >= 11 is 0. The molecule has 45 heavy (non-hydrogen) atoms. The Balaban J connectivity index is 1.33. The molecule has 0 aliphatic carbocycles. The highest BCUT2D eigenvalue weighted by Crippen LogP contribution is 2.55. The van der Waals surface area contributed by atoms with E-state index in [2.05, 4.69) is 166 Å². The van der Waals surface area contributed by atoms with Crippen LogP contribution in [0.3, 0.4) is 0 Å². The van der Waals surface area contributed by atoms with Crippen LogP contribution >= 0.6 is 0 Å². The average Bonchev–Trinajstić information content (AvgIpc) is 3.60. The SMILES string of the molecule is Cc1ccccc1-c1ccc2c(c1)nc1n2C(C)(C)C(C)(C)N1c1cc2c3c(c1)c1ccccc1n3-c1ccccc1C2(C)C. The molecule has 0 N–H and O–H groups in total. The molecule has 0 saturated heterocycles. The number of hydrogen-bond donors (Lipinski definition) is 0. The van der Waals surface area contributed by atoms with E-state index in [9.17, 15) is 0 Å². The Morgan fingerprint density at radius 1 is 0.622 bits per heavy atom. The number of hydrogen-bond acceptors (Lipinski definition) is 2. The zero-order valence-corrected chi connectivity index (χ0v) is 27.1. The summed E-state index contributed by atoms with van der Waals surface area (Å²) in [6.45, 7) is 16.4. The summed E-state index contributed by atoms with van der Waals surface area (Å²) in [7, 11) is 0. The first kappa shape index (κ1) is 26.6. The van der Waals surface area contributed by atoms with Crippen LogP contribution in [0.5, 0.6) is 0 Å². The van der Waals surface area contributed by atoms with Crippen molar-refractivity contribution in [3.05, 3.63) is 120 Å². The van der Waals surface area contributed by atoms with E-state index in [-0.39, 0.29) is 16.5 Å². The van der Waals surface area contributed by atoms with Gasteiger partial charge in [0.15, 0.2) is 0 Å². The molecule has 0 unspecified atom stereocenters. The van der Waals surface area contributed by atoms with E-state index in [1.165, 1.54) is 66.5 Å². The third-order valence-electron chi connectivity index (χ3n) is 11.4. The molecular formula is C41H38N4. The number of benzene rings is 5. The maximum Gasteiger partial charge on any atom is 0.212 e. The minimum Gasteiger partial charge on any atom is -0.309 e. The minimum absolute atomic E-state index is 0.169. The number of fused-ring (bicyclic) bond motifs is 8. The average molecular weight is 587 g/mol. The van der Waals surface area contributed by atoms with Crippen molar-refractivity contribution in [3.8, 4) is 16.8 Å². The van der Waals surface area contributed by atoms with Gasteiger partial charge in [0.25, 0.3) is 0 Å². The predicted molar refractivity (Wildman–Crippen MR) is 188 cm³/mol. The van der Waals surface area contributed by atoms with Crippen molar-refractivity contribution < 1.29 is 0 Å². The molecular weight excluding hydrogens is 548 g/mol. The lowest BCUT2D eigenvalue weighted by atomic mass is 9.74. The molecule has 2 aliphatic heterocycles. The number of aryl methyl sites for hydroxylation is 1. The first-order chi connectivity index (χ1) is 21.5. The van der Waals surface area contributed by atoms with E-state index >= 15 is 0 Å². The van der Waals surface area contributed by atoms with Gasteiger partial charge in [0.1, 0.15) is 0 Å². The largest absolute Gasteiger partial charge is 0.309 e. The molecule has 4 heterocycles. The third-order valence-corrected chi connectivity index (χ3v) is 11.4. The Kier molecular flexibility index (Phi) is 4.99. The molecule has 0 bridgehead atoms. The van der Waals surface area contributed by atoms with Gasteiger partial charge in [-0.2, -0.15) is 0 Å². The Bertz CT molecular complexity index is 2380. The molecule has 5 aromatic carbocycles. The van der Waals surface area contributed by atoms with Gasteiger partial charge in [-0.3, -0.25) is 0 Å². The van der Waals surface area contributed by atoms with Crippen LogP contribution in [0.2, 0.25) is 0 Å². The van der Waals surface area contributed by atoms with Crippen molar-refractivity contribution in [2.24, 2.45) is 0 Å².